The molecule has 3 rings (SSSR count). The number of hydrogen-bond donors (Lipinski definition) is 2. The molecule has 0 radical (unpaired) electrons. The Kier molecular flexibility index (Phi) is 6.47. The van der Waals surface area contributed by atoms with Crippen molar-refractivity contribution < 1.29 is 4.79 Å². The normalized spacial score (nSPS) is 14.0. The van der Waals surface area contributed by atoms with Crippen molar-refractivity contribution in [2.24, 2.45) is 5.92 Å². The van der Waals surface area contributed by atoms with Crippen molar-refractivity contribution in [1.82, 2.24) is 30.3 Å². The molecule has 0 bridgehead atoms. The Bertz CT molecular complexity index is 739. The molecule has 2 N–H and O–H groups in total. The summed E-state index contributed by atoms with van der Waals surface area (Å²) in [4.78, 5) is 12.0. The van der Waals surface area contributed by atoms with Crippen LogP contribution in [0.3, 0.4) is 0 Å². The number of aryl methyl sites for hydroxylation is 1. The van der Waals surface area contributed by atoms with Crippen LogP contribution < -0.4 is 10.6 Å². The predicted molar refractivity (Wildman–Crippen MR) is 104 cm³/mol. The van der Waals surface area contributed by atoms with Gasteiger partial charge in [-0.1, -0.05) is 36.9 Å². The quantitative estimate of drug-likeness (QED) is 0.500. The minimum atomic E-state index is -0.239. The fourth-order valence-electron chi connectivity index (χ4n) is 2.57. The maximum atomic E-state index is 12.0. The SMILES string of the molecule is CSc1nnc(CCCNC(=O)Nc2nnc(C3CC3)s2)n1CC(C)C. The van der Waals surface area contributed by atoms with Crippen LogP contribution in [0.2, 0.25) is 0 Å². The summed E-state index contributed by atoms with van der Waals surface area (Å²) in [5.74, 6) is 2.07. The number of anilines is 1. The predicted octanol–water partition coefficient (Wildman–Crippen LogP) is 3.14. The molecule has 10 heteroatoms. The Balaban J connectivity index is 1.41. The molecule has 8 nitrogen and oxygen atoms in total. The third-order valence-corrected chi connectivity index (χ3v) is 5.64. The third-order valence-electron chi connectivity index (χ3n) is 3.97. The molecule has 2 amide bonds. The van der Waals surface area contributed by atoms with E-state index in [0.29, 0.717) is 23.5 Å². The van der Waals surface area contributed by atoms with Gasteiger partial charge in [0.05, 0.1) is 0 Å². The molecular formula is C16H25N7OS2. The van der Waals surface area contributed by atoms with Crippen LogP contribution in [0.1, 0.15) is 49.9 Å². The van der Waals surface area contributed by atoms with E-state index < -0.39 is 0 Å². The molecule has 26 heavy (non-hydrogen) atoms. The van der Waals surface area contributed by atoms with Gasteiger partial charge in [-0.2, -0.15) is 0 Å². The largest absolute Gasteiger partial charge is 0.338 e. The van der Waals surface area contributed by atoms with Crippen LogP contribution in [0.15, 0.2) is 5.16 Å². The van der Waals surface area contributed by atoms with Crippen LogP contribution in [0, 0.1) is 5.92 Å². The maximum absolute atomic E-state index is 12.0. The summed E-state index contributed by atoms with van der Waals surface area (Å²) >= 11 is 3.07. The first-order chi connectivity index (χ1) is 12.6. The van der Waals surface area contributed by atoms with E-state index in [9.17, 15) is 4.79 Å². The van der Waals surface area contributed by atoms with Gasteiger partial charge in [-0.25, -0.2) is 4.79 Å². The molecule has 1 saturated carbocycles. The summed E-state index contributed by atoms with van der Waals surface area (Å²) in [6.07, 6.45) is 5.96. The van der Waals surface area contributed by atoms with Gasteiger partial charge in [0.15, 0.2) is 5.16 Å². The minimum Gasteiger partial charge on any atom is -0.338 e. The minimum absolute atomic E-state index is 0.239. The monoisotopic (exact) mass is 395 g/mol. The second kappa shape index (κ2) is 8.81. The number of rotatable bonds is 9. The topological polar surface area (TPSA) is 97.6 Å². The van der Waals surface area contributed by atoms with Crippen molar-refractivity contribution in [3.63, 3.8) is 0 Å². The number of nitrogens with one attached hydrogen (secondary N) is 2. The number of hydrogen-bond acceptors (Lipinski definition) is 7. The molecule has 1 fully saturated rings. The summed E-state index contributed by atoms with van der Waals surface area (Å²) < 4.78 is 2.18. The average Bonchev–Trinajstić information content (AvgIpc) is 3.24. The number of nitrogens with zero attached hydrogens (tertiary/aromatic N) is 5. The molecule has 2 aromatic heterocycles. The fourth-order valence-corrected chi connectivity index (χ4v) is 4.00. The van der Waals surface area contributed by atoms with Crippen molar-refractivity contribution in [2.45, 2.75) is 57.1 Å². The van der Waals surface area contributed by atoms with Crippen LogP contribution in [0.5, 0.6) is 0 Å². The first kappa shape index (κ1) is 19.1. The Hall–Kier alpha value is -1.68. The van der Waals surface area contributed by atoms with E-state index in [1.165, 1.54) is 24.2 Å². The van der Waals surface area contributed by atoms with Gasteiger partial charge in [0.25, 0.3) is 0 Å². The Morgan fingerprint density at radius 1 is 1.31 bits per heavy atom. The van der Waals surface area contributed by atoms with Crippen molar-refractivity contribution >= 4 is 34.3 Å². The van der Waals surface area contributed by atoms with E-state index in [4.69, 9.17) is 0 Å². The molecular weight excluding hydrogens is 370 g/mol. The molecule has 2 aromatic rings. The number of amides is 2. The summed E-state index contributed by atoms with van der Waals surface area (Å²) in [5.41, 5.74) is 0. The zero-order chi connectivity index (χ0) is 18.5. The van der Waals surface area contributed by atoms with Crippen LogP contribution in [0.4, 0.5) is 9.93 Å². The van der Waals surface area contributed by atoms with E-state index in [1.807, 2.05) is 6.26 Å². The van der Waals surface area contributed by atoms with Gasteiger partial charge in [0, 0.05) is 25.4 Å². The summed E-state index contributed by atoms with van der Waals surface area (Å²) in [7, 11) is 0. The molecule has 142 valence electrons. The lowest BCUT2D eigenvalue weighted by Gasteiger charge is -2.11. The average molecular weight is 396 g/mol. The van der Waals surface area contributed by atoms with Gasteiger partial charge in [-0.3, -0.25) is 5.32 Å². The van der Waals surface area contributed by atoms with Gasteiger partial charge >= 0.3 is 6.03 Å². The van der Waals surface area contributed by atoms with Crippen molar-refractivity contribution in [1.29, 1.82) is 0 Å². The van der Waals surface area contributed by atoms with E-state index in [2.05, 4.69) is 49.4 Å². The van der Waals surface area contributed by atoms with Crippen LogP contribution in [-0.2, 0) is 13.0 Å². The Morgan fingerprint density at radius 3 is 2.81 bits per heavy atom. The van der Waals surface area contributed by atoms with Gasteiger partial charge in [0.2, 0.25) is 5.13 Å². The molecule has 1 aliphatic carbocycles. The molecule has 0 spiro atoms. The lowest BCUT2D eigenvalue weighted by Crippen LogP contribution is -2.29. The molecule has 0 atom stereocenters. The summed E-state index contributed by atoms with van der Waals surface area (Å²) in [6, 6.07) is -0.239. The zero-order valence-corrected chi connectivity index (χ0v) is 17.0. The lowest BCUT2D eigenvalue weighted by molar-refractivity contribution is 0.252. The lowest BCUT2D eigenvalue weighted by atomic mass is 10.2. The van der Waals surface area contributed by atoms with Gasteiger partial charge in [-0.05, 0) is 31.4 Å². The van der Waals surface area contributed by atoms with E-state index >= 15 is 0 Å². The highest BCUT2D eigenvalue weighted by atomic mass is 32.2. The van der Waals surface area contributed by atoms with E-state index in [-0.39, 0.29) is 6.03 Å². The number of aromatic nitrogens is 5. The van der Waals surface area contributed by atoms with E-state index in [0.717, 1.165) is 35.4 Å². The maximum Gasteiger partial charge on any atom is 0.321 e. The molecule has 0 saturated heterocycles. The molecule has 2 heterocycles. The van der Waals surface area contributed by atoms with Crippen LogP contribution in [0.25, 0.3) is 0 Å². The van der Waals surface area contributed by atoms with Crippen LogP contribution in [-0.4, -0.2) is 43.8 Å². The molecule has 0 aliphatic heterocycles. The molecule has 0 aromatic carbocycles. The number of carbonyl (C=O) groups is 1. The first-order valence-electron chi connectivity index (χ1n) is 8.91. The zero-order valence-electron chi connectivity index (χ0n) is 15.4. The van der Waals surface area contributed by atoms with Crippen LogP contribution >= 0.6 is 23.1 Å². The second-order valence-corrected chi connectivity index (χ2v) is 8.59. The highest BCUT2D eigenvalue weighted by Gasteiger charge is 2.27. The highest BCUT2D eigenvalue weighted by molar-refractivity contribution is 7.98. The van der Waals surface area contributed by atoms with Gasteiger partial charge in [0.1, 0.15) is 10.8 Å². The number of thioether (sulfide) groups is 1. The Morgan fingerprint density at radius 2 is 2.12 bits per heavy atom. The van der Waals surface area contributed by atoms with Crippen molar-refractivity contribution in [2.75, 3.05) is 18.1 Å². The number of urea groups is 1. The highest BCUT2D eigenvalue weighted by Crippen LogP contribution is 2.41. The summed E-state index contributed by atoms with van der Waals surface area (Å²) in [5, 5.41) is 24.8. The molecule has 1 aliphatic rings. The van der Waals surface area contributed by atoms with E-state index in [1.54, 1.807) is 11.8 Å². The van der Waals surface area contributed by atoms with Crippen molar-refractivity contribution in [3.8, 4) is 0 Å². The Labute approximate surface area is 161 Å². The first-order valence-corrected chi connectivity index (χ1v) is 10.9. The standard InChI is InChI=1S/C16H25N7OS2/c1-10(2)9-23-12(19-22-16(23)25-3)5-4-8-17-14(24)18-15-21-20-13(26-15)11-6-7-11/h10-11H,4-9H2,1-3H3,(H2,17,18,21,24). The van der Waals surface area contributed by atoms with Gasteiger partial charge < -0.3 is 9.88 Å². The smallest absolute Gasteiger partial charge is 0.321 e. The molecule has 0 unspecified atom stereocenters. The van der Waals surface area contributed by atoms with Gasteiger partial charge in [-0.15, -0.1) is 20.4 Å². The third kappa shape index (κ3) is 5.16. The number of carbonyl (C=O) groups excluding carboxylic acids is 1. The second-order valence-electron chi connectivity index (χ2n) is 6.81. The van der Waals surface area contributed by atoms with Crippen molar-refractivity contribution in [3.05, 3.63) is 10.8 Å². The fraction of sp³-hybridized carbons (Fsp3) is 0.688. The summed E-state index contributed by atoms with van der Waals surface area (Å²) in [6.45, 7) is 5.85.